The quantitative estimate of drug-likeness (QED) is 0.429. The van der Waals surface area contributed by atoms with E-state index in [1.54, 1.807) is 0 Å². The van der Waals surface area contributed by atoms with E-state index in [-0.39, 0.29) is 5.75 Å². The first-order chi connectivity index (χ1) is 5.17. The zero-order valence-electron chi connectivity index (χ0n) is 5.78. The van der Waals surface area contributed by atoms with Gasteiger partial charge in [0.25, 0.3) is 20.2 Å². The van der Waals surface area contributed by atoms with Crippen LogP contribution < -0.4 is 0 Å². The van der Waals surface area contributed by atoms with Crippen LogP contribution in [0.1, 0.15) is 0 Å². The molecule has 0 aromatic rings. The highest BCUT2D eigenvalue weighted by Gasteiger charge is 2.26. The van der Waals surface area contributed by atoms with E-state index in [0.29, 0.717) is 0 Å². The van der Waals surface area contributed by atoms with Gasteiger partial charge in [-0.3, -0.25) is 9.11 Å². The highest BCUT2D eigenvalue weighted by Crippen LogP contribution is 2.04. The van der Waals surface area contributed by atoms with E-state index < -0.39 is 31.2 Å². The van der Waals surface area contributed by atoms with Crippen molar-refractivity contribution in [2.75, 3.05) is 11.5 Å². The first kappa shape index (κ1) is 12.2. The van der Waals surface area contributed by atoms with E-state index in [0.717, 1.165) is 0 Å². The lowest BCUT2D eigenvalue weighted by atomic mass is 10.6. The van der Waals surface area contributed by atoms with Gasteiger partial charge in [0.05, 0.1) is 5.75 Å². The van der Waals surface area contributed by atoms with Gasteiger partial charge in [-0.1, -0.05) is 0 Å². The Kier molecular flexibility index (Phi) is 3.97. The minimum Gasteiger partial charge on any atom is -0.286 e. The van der Waals surface area contributed by atoms with Crippen molar-refractivity contribution in [3.63, 3.8) is 0 Å². The summed E-state index contributed by atoms with van der Waals surface area (Å²) in [5.41, 5.74) is 0. The van der Waals surface area contributed by atoms with Crippen molar-refractivity contribution in [2.45, 2.75) is 5.25 Å². The normalized spacial score (nSPS) is 15.9. The summed E-state index contributed by atoms with van der Waals surface area (Å²) in [4.78, 5) is 0. The van der Waals surface area contributed by atoms with E-state index >= 15 is 0 Å². The molecule has 0 aliphatic heterocycles. The van der Waals surface area contributed by atoms with Crippen molar-refractivity contribution in [3.8, 4) is 0 Å². The highest BCUT2D eigenvalue weighted by atomic mass is 32.2. The van der Waals surface area contributed by atoms with Crippen LogP contribution in [0.5, 0.6) is 0 Å². The van der Waals surface area contributed by atoms with Crippen LogP contribution >= 0.6 is 12.6 Å². The number of hydrogen-bond donors (Lipinski definition) is 3. The molecular weight excluding hydrogens is 228 g/mol. The molecule has 0 aliphatic rings. The maximum Gasteiger partial charge on any atom is 0.269 e. The van der Waals surface area contributed by atoms with E-state index in [2.05, 4.69) is 12.6 Å². The fourth-order valence-electron chi connectivity index (χ4n) is 0.468. The van der Waals surface area contributed by atoms with Crippen LogP contribution in [0.25, 0.3) is 0 Å². The van der Waals surface area contributed by atoms with Crippen LogP contribution in [0.3, 0.4) is 0 Å². The van der Waals surface area contributed by atoms with Crippen LogP contribution in [0, 0.1) is 0 Å². The molecule has 6 nitrogen and oxygen atoms in total. The second-order valence-electron chi connectivity index (χ2n) is 2.07. The molecular formula is C3H8O6S3. The standard InChI is InChI=1S/C3H8O6S3/c4-11(5,6)2-3(1-10)12(7,8)9/h3,10H,1-2H2,(H,4,5,6)(H,7,8,9). The van der Waals surface area contributed by atoms with Crippen molar-refractivity contribution in [3.05, 3.63) is 0 Å². The van der Waals surface area contributed by atoms with Crippen molar-refractivity contribution in [2.24, 2.45) is 0 Å². The van der Waals surface area contributed by atoms with Crippen molar-refractivity contribution in [1.29, 1.82) is 0 Å². The average Bonchev–Trinajstić information content (AvgIpc) is 1.78. The van der Waals surface area contributed by atoms with Gasteiger partial charge in [-0.15, -0.1) is 0 Å². The Morgan fingerprint density at radius 3 is 1.67 bits per heavy atom. The predicted octanol–water partition coefficient (Wildman–Crippen LogP) is -0.940. The Bertz CT molecular complexity index is 325. The van der Waals surface area contributed by atoms with Gasteiger partial charge in [-0.05, 0) is 0 Å². The van der Waals surface area contributed by atoms with Crippen LogP contribution in [0.15, 0.2) is 0 Å². The van der Waals surface area contributed by atoms with Crippen molar-refractivity contribution < 1.29 is 25.9 Å². The highest BCUT2D eigenvalue weighted by molar-refractivity contribution is 7.91. The Labute approximate surface area is 75.9 Å². The molecule has 74 valence electrons. The average molecular weight is 236 g/mol. The Balaban J connectivity index is 4.64. The Hall–Kier alpha value is 0.170. The fraction of sp³-hybridized carbons (Fsp3) is 1.00. The van der Waals surface area contributed by atoms with E-state index in [1.165, 1.54) is 0 Å². The van der Waals surface area contributed by atoms with Crippen LogP contribution in [0.2, 0.25) is 0 Å². The predicted molar refractivity (Wildman–Crippen MR) is 45.6 cm³/mol. The zero-order chi connectivity index (χ0) is 9.99. The molecule has 0 bridgehead atoms. The number of rotatable bonds is 4. The second kappa shape index (κ2) is 3.92. The molecule has 0 saturated carbocycles. The minimum atomic E-state index is -4.46. The SMILES string of the molecule is O=S(=O)(O)CC(CS)S(=O)(=O)O. The maximum atomic E-state index is 10.4. The molecule has 2 N–H and O–H groups in total. The molecule has 0 fully saturated rings. The van der Waals surface area contributed by atoms with Gasteiger partial charge in [0, 0.05) is 5.75 Å². The molecule has 0 aliphatic carbocycles. The summed E-state index contributed by atoms with van der Waals surface area (Å²) in [6, 6.07) is 0. The molecule has 12 heavy (non-hydrogen) atoms. The summed E-state index contributed by atoms with van der Waals surface area (Å²) in [5, 5.41) is -1.59. The van der Waals surface area contributed by atoms with Crippen molar-refractivity contribution in [1.82, 2.24) is 0 Å². The first-order valence-corrected chi connectivity index (χ1v) is 6.43. The lowest BCUT2D eigenvalue weighted by Crippen LogP contribution is -2.30. The van der Waals surface area contributed by atoms with E-state index in [1.807, 2.05) is 0 Å². The molecule has 1 atom stereocenters. The zero-order valence-corrected chi connectivity index (χ0v) is 8.31. The molecule has 9 heteroatoms. The van der Waals surface area contributed by atoms with Gasteiger partial charge >= 0.3 is 0 Å². The number of thiol groups is 1. The summed E-state index contributed by atoms with van der Waals surface area (Å²) >= 11 is 3.51. The van der Waals surface area contributed by atoms with Crippen LogP contribution in [-0.4, -0.2) is 42.7 Å². The fourth-order valence-corrected chi connectivity index (χ4v) is 3.32. The summed E-state index contributed by atoms with van der Waals surface area (Å²) in [7, 11) is -8.87. The summed E-state index contributed by atoms with van der Waals surface area (Å²) in [5.74, 6) is -1.42. The lowest BCUT2D eigenvalue weighted by molar-refractivity contribution is 0.461. The summed E-state index contributed by atoms with van der Waals surface area (Å²) in [6.07, 6.45) is 0. The molecule has 0 heterocycles. The molecule has 0 radical (unpaired) electrons. The van der Waals surface area contributed by atoms with E-state index in [9.17, 15) is 16.8 Å². The number of hydrogen-bond acceptors (Lipinski definition) is 5. The molecule has 0 rings (SSSR count). The van der Waals surface area contributed by atoms with Gasteiger partial charge in [0.2, 0.25) is 0 Å². The first-order valence-electron chi connectivity index (χ1n) is 2.69. The van der Waals surface area contributed by atoms with Crippen LogP contribution in [-0.2, 0) is 20.2 Å². The van der Waals surface area contributed by atoms with Gasteiger partial charge < -0.3 is 0 Å². The third-order valence-electron chi connectivity index (χ3n) is 1.02. The Morgan fingerprint density at radius 1 is 1.17 bits per heavy atom. The monoisotopic (exact) mass is 236 g/mol. The molecule has 1 unspecified atom stereocenters. The van der Waals surface area contributed by atoms with Gasteiger partial charge in [0.1, 0.15) is 5.25 Å². The summed E-state index contributed by atoms with van der Waals surface area (Å²) in [6.45, 7) is 0. The van der Waals surface area contributed by atoms with E-state index in [4.69, 9.17) is 9.11 Å². The molecule has 0 spiro atoms. The summed E-state index contributed by atoms with van der Waals surface area (Å²) < 4.78 is 57.8. The van der Waals surface area contributed by atoms with Crippen molar-refractivity contribution >= 4 is 32.9 Å². The van der Waals surface area contributed by atoms with Crippen LogP contribution in [0.4, 0.5) is 0 Å². The molecule has 0 saturated heterocycles. The maximum absolute atomic E-state index is 10.4. The van der Waals surface area contributed by atoms with Gasteiger partial charge in [-0.2, -0.15) is 29.5 Å². The van der Waals surface area contributed by atoms with Gasteiger partial charge in [-0.25, -0.2) is 0 Å². The topological polar surface area (TPSA) is 109 Å². The second-order valence-corrected chi connectivity index (χ2v) is 5.63. The van der Waals surface area contributed by atoms with Gasteiger partial charge in [0.15, 0.2) is 0 Å². The molecule has 0 aromatic carbocycles. The lowest BCUT2D eigenvalue weighted by Gasteiger charge is -2.07. The smallest absolute Gasteiger partial charge is 0.269 e. The third kappa shape index (κ3) is 4.93. The third-order valence-corrected chi connectivity index (χ3v) is 3.92. The minimum absolute atomic E-state index is 0.376. The molecule has 0 amide bonds. The largest absolute Gasteiger partial charge is 0.286 e. The Morgan fingerprint density at radius 2 is 1.58 bits per heavy atom. The molecule has 0 aromatic heterocycles.